The Bertz CT molecular complexity index is 797. The lowest BCUT2D eigenvalue weighted by molar-refractivity contribution is -0.119. The number of aromatic nitrogens is 2. The molecule has 1 aromatic carbocycles. The first kappa shape index (κ1) is 18.2. The van der Waals surface area contributed by atoms with Gasteiger partial charge in [-0.25, -0.2) is 0 Å². The van der Waals surface area contributed by atoms with E-state index in [2.05, 4.69) is 15.5 Å². The Labute approximate surface area is 162 Å². The van der Waals surface area contributed by atoms with Crippen LogP contribution in [0.2, 0.25) is 0 Å². The van der Waals surface area contributed by atoms with Crippen molar-refractivity contribution in [3.8, 4) is 11.5 Å². The van der Waals surface area contributed by atoms with Crippen LogP contribution in [-0.4, -0.2) is 35.0 Å². The molecule has 2 fully saturated rings. The molecule has 2 aliphatic rings. The first-order valence-electron chi connectivity index (χ1n) is 9.21. The zero-order valence-corrected chi connectivity index (χ0v) is 16.0. The molecule has 0 aliphatic heterocycles. The van der Waals surface area contributed by atoms with Crippen molar-refractivity contribution in [1.29, 1.82) is 0 Å². The Morgan fingerprint density at radius 1 is 1.30 bits per heavy atom. The van der Waals surface area contributed by atoms with E-state index in [1.165, 1.54) is 31.0 Å². The second kappa shape index (κ2) is 8.21. The van der Waals surface area contributed by atoms with Gasteiger partial charge in [-0.3, -0.25) is 4.79 Å². The maximum Gasteiger partial charge on any atom is 0.277 e. The summed E-state index contributed by atoms with van der Waals surface area (Å²) in [7, 11) is 1.61. The number of ether oxygens (including phenoxy) is 2. The van der Waals surface area contributed by atoms with Crippen LogP contribution in [0.4, 0.5) is 0 Å². The Balaban J connectivity index is 1.21. The van der Waals surface area contributed by atoms with E-state index < -0.39 is 0 Å². The fraction of sp³-hybridized carbons (Fsp3) is 0.526. The van der Waals surface area contributed by atoms with Gasteiger partial charge in [0.2, 0.25) is 5.91 Å². The van der Waals surface area contributed by atoms with Crippen molar-refractivity contribution in [2.24, 2.45) is 11.8 Å². The van der Waals surface area contributed by atoms with Crippen LogP contribution in [0.1, 0.15) is 31.6 Å². The topological polar surface area (TPSA) is 86.5 Å². The third-order valence-corrected chi connectivity index (χ3v) is 6.08. The molecule has 1 amide bonds. The molecule has 2 saturated carbocycles. The van der Waals surface area contributed by atoms with Gasteiger partial charge in [0.1, 0.15) is 11.5 Å². The van der Waals surface area contributed by atoms with Crippen molar-refractivity contribution >= 4 is 17.7 Å². The molecular weight excluding hydrogens is 366 g/mol. The zero-order chi connectivity index (χ0) is 18.6. The number of hydrogen-bond donors (Lipinski definition) is 1. The zero-order valence-electron chi connectivity index (χ0n) is 15.2. The van der Waals surface area contributed by atoms with E-state index >= 15 is 0 Å². The summed E-state index contributed by atoms with van der Waals surface area (Å²) in [5, 5.41) is 11.5. The van der Waals surface area contributed by atoms with Crippen molar-refractivity contribution in [2.75, 3.05) is 12.9 Å². The summed E-state index contributed by atoms with van der Waals surface area (Å²) in [6.07, 6.45) is 4.99. The molecule has 0 radical (unpaired) electrons. The van der Waals surface area contributed by atoms with Crippen molar-refractivity contribution in [1.82, 2.24) is 15.5 Å². The van der Waals surface area contributed by atoms with Gasteiger partial charge in [0.05, 0.1) is 12.9 Å². The summed E-state index contributed by atoms with van der Waals surface area (Å²) in [5.74, 6) is 3.55. The number of thioether (sulfide) groups is 1. The molecule has 2 bridgehead atoms. The molecule has 144 valence electrons. The third kappa shape index (κ3) is 4.55. The van der Waals surface area contributed by atoms with Gasteiger partial charge in [-0.05, 0) is 43.2 Å². The Morgan fingerprint density at radius 3 is 2.96 bits per heavy atom. The van der Waals surface area contributed by atoms with Crippen LogP contribution in [-0.2, 0) is 11.4 Å². The summed E-state index contributed by atoms with van der Waals surface area (Å²) in [6.45, 7) is 0.165. The van der Waals surface area contributed by atoms with Gasteiger partial charge in [-0.1, -0.05) is 24.2 Å². The monoisotopic (exact) mass is 389 g/mol. The maximum absolute atomic E-state index is 12.2. The smallest absolute Gasteiger partial charge is 0.277 e. The van der Waals surface area contributed by atoms with Crippen LogP contribution in [0.15, 0.2) is 33.9 Å². The predicted molar refractivity (Wildman–Crippen MR) is 99.7 cm³/mol. The highest BCUT2D eigenvalue weighted by atomic mass is 32.2. The minimum atomic E-state index is 0.0323. The predicted octanol–water partition coefficient (Wildman–Crippen LogP) is 3.05. The Kier molecular flexibility index (Phi) is 5.52. The number of methoxy groups -OCH3 is 1. The van der Waals surface area contributed by atoms with Crippen molar-refractivity contribution in [2.45, 2.75) is 43.6 Å². The van der Waals surface area contributed by atoms with Crippen LogP contribution in [0.3, 0.4) is 0 Å². The average molecular weight is 389 g/mol. The molecule has 7 nitrogen and oxygen atoms in total. The van der Waals surface area contributed by atoms with Gasteiger partial charge >= 0.3 is 0 Å². The second-order valence-corrected chi connectivity index (χ2v) is 7.99. The summed E-state index contributed by atoms with van der Waals surface area (Å²) in [5.41, 5.74) is 0. The number of benzene rings is 1. The molecule has 0 spiro atoms. The van der Waals surface area contributed by atoms with E-state index in [1.54, 1.807) is 13.2 Å². The van der Waals surface area contributed by atoms with Crippen molar-refractivity contribution in [3.05, 3.63) is 30.2 Å². The minimum Gasteiger partial charge on any atom is -0.497 e. The van der Waals surface area contributed by atoms with Gasteiger partial charge in [0, 0.05) is 12.1 Å². The van der Waals surface area contributed by atoms with Crippen LogP contribution in [0.5, 0.6) is 11.5 Å². The normalized spacial score (nSPS) is 23.4. The van der Waals surface area contributed by atoms with Crippen LogP contribution < -0.4 is 14.8 Å². The molecule has 4 rings (SSSR count). The Hall–Kier alpha value is -2.22. The summed E-state index contributed by atoms with van der Waals surface area (Å²) in [4.78, 5) is 12.2. The van der Waals surface area contributed by atoms with Crippen LogP contribution in [0, 0.1) is 11.8 Å². The van der Waals surface area contributed by atoms with Crippen molar-refractivity contribution < 1.29 is 18.7 Å². The number of rotatable bonds is 8. The number of hydrogen-bond acceptors (Lipinski definition) is 7. The number of nitrogens with one attached hydrogen (secondary N) is 1. The lowest BCUT2D eigenvalue weighted by Crippen LogP contribution is -2.39. The van der Waals surface area contributed by atoms with E-state index in [4.69, 9.17) is 13.9 Å². The van der Waals surface area contributed by atoms with Crippen LogP contribution in [0.25, 0.3) is 0 Å². The van der Waals surface area contributed by atoms with Gasteiger partial charge in [0.25, 0.3) is 11.1 Å². The highest BCUT2D eigenvalue weighted by molar-refractivity contribution is 7.99. The fourth-order valence-corrected chi connectivity index (χ4v) is 4.58. The van der Waals surface area contributed by atoms with E-state index in [0.717, 1.165) is 18.1 Å². The second-order valence-electron chi connectivity index (χ2n) is 7.07. The van der Waals surface area contributed by atoms with Crippen molar-refractivity contribution in [3.63, 3.8) is 0 Å². The number of carbonyl (C=O) groups excluding carboxylic acids is 1. The maximum atomic E-state index is 12.2. The molecule has 1 N–H and O–H groups in total. The largest absolute Gasteiger partial charge is 0.497 e. The number of fused-ring (bicyclic) bond motifs is 2. The van der Waals surface area contributed by atoms with Gasteiger partial charge < -0.3 is 19.2 Å². The third-order valence-electron chi connectivity index (χ3n) is 5.26. The van der Waals surface area contributed by atoms with E-state index in [9.17, 15) is 4.79 Å². The van der Waals surface area contributed by atoms with E-state index in [0.29, 0.717) is 28.8 Å². The molecule has 1 aromatic heterocycles. The summed E-state index contributed by atoms with van der Waals surface area (Å²) in [6, 6.07) is 7.65. The molecule has 1 heterocycles. The number of carbonyl (C=O) groups is 1. The van der Waals surface area contributed by atoms with Crippen LogP contribution >= 0.6 is 11.8 Å². The first-order chi connectivity index (χ1) is 13.2. The minimum absolute atomic E-state index is 0.0323. The van der Waals surface area contributed by atoms with E-state index in [-0.39, 0.29) is 18.3 Å². The van der Waals surface area contributed by atoms with Gasteiger partial charge in [-0.2, -0.15) is 0 Å². The van der Waals surface area contributed by atoms with E-state index in [1.807, 2.05) is 18.2 Å². The number of amides is 1. The lowest BCUT2D eigenvalue weighted by Gasteiger charge is -2.22. The molecule has 2 aliphatic carbocycles. The molecule has 0 saturated heterocycles. The summed E-state index contributed by atoms with van der Waals surface area (Å²) < 4.78 is 16.3. The highest BCUT2D eigenvalue weighted by Crippen LogP contribution is 2.44. The fourth-order valence-electron chi connectivity index (χ4n) is 3.99. The van der Waals surface area contributed by atoms with Gasteiger partial charge in [-0.15, -0.1) is 10.2 Å². The standard InChI is InChI=1S/C19H23N3O4S/c1-24-14-3-2-4-15(9-14)25-10-18-21-22-19(26-18)27-11-17(23)20-16-8-12-5-6-13(16)7-12/h2-4,9,12-13,16H,5-8,10-11H2,1H3,(H,20,23)/t12-,13-,16-/m1/s1. The SMILES string of the molecule is COc1cccc(OCc2nnc(SCC(=O)N[C@@H]3C[C@@H]4CC[C@@H]3C4)o2)c1. The molecular formula is C19H23N3O4S. The average Bonchev–Trinajstić information content (AvgIpc) is 3.42. The Morgan fingerprint density at radius 2 is 2.19 bits per heavy atom. The summed E-state index contributed by atoms with van der Waals surface area (Å²) >= 11 is 1.25. The van der Waals surface area contributed by atoms with Gasteiger partial charge in [0.15, 0.2) is 6.61 Å². The first-order valence-corrected chi connectivity index (χ1v) is 10.2. The lowest BCUT2D eigenvalue weighted by atomic mass is 9.95. The number of nitrogens with zero attached hydrogens (tertiary/aromatic N) is 2. The quantitative estimate of drug-likeness (QED) is 0.694. The molecule has 0 unspecified atom stereocenters. The highest BCUT2D eigenvalue weighted by Gasteiger charge is 2.40. The molecule has 2 aromatic rings. The molecule has 8 heteroatoms. The molecule has 27 heavy (non-hydrogen) atoms. The molecule has 3 atom stereocenters.